The average molecular weight is 168 g/mol. The number of hydrogen-bond acceptors (Lipinski definition) is 0. The minimum absolute atomic E-state index is 0.604. The fourth-order valence-corrected chi connectivity index (χ4v) is 2.93. The largest absolute Gasteiger partial charge is 0.0625 e. The van der Waals surface area contributed by atoms with Crippen LogP contribution in [0.4, 0.5) is 0 Å². The predicted octanol–water partition coefficient (Wildman–Crippen LogP) is 4.10. The summed E-state index contributed by atoms with van der Waals surface area (Å²) in [4.78, 5) is 0. The Morgan fingerprint density at radius 3 is 2.17 bits per heavy atom. The van der Waals surface area contributed by atoms with Crippen molar-refractivity contribution in [3.05, 3.63) is 0 Å². The van der Waals surface area contributed by atoms with Crippen LogP contribution in [0.2, 0.25) is 0 Å². The Kier molecular flexibility index (Phi) is 2.85. The van der Waals surface area contributed by atoms with Crippen LogP contribution in [-0.2, 0) is 0 Å². The van der Waals surface area contributed by atoms with Crippen LogP contribution in [0, 0.1) is 23.2 Å². The monoisotopic (exact) mass is 168 g/mol. The Labute approximate surface area is 77.7 Å². The Balaban J connectivity index is 2.58. The normalized spacial score (nSPS) is 35.5. The van der Waals surface area contributed by atoms with Gasteiger partial charge in [-0.25, -0.2) is 0 Å². The Bertz CT molecular complexity index is 144. The summed E-state index contributed by atoms with van der Waals surface area (Å²) >= 11 is 0. The molecule has 1 fully saturated rings. The van der Waals surface area contributed by atoms with Crippen molar-refractivity contribution in [2.75, 3.05) is 0 Å². The van der Waals surface area contributed by atoms with E-state index in [2.05, 4.69) is 34.6 Å². The van der Waals surface area contributed by atoms with Crippen LogP contribution in [-0.4, -0.2) is 0 Å². The highest BCUT2D eigenvalue weighted by molar-refractivity contribution is 4.83. The molecule has 2 atom stereocenters. The third kappa shape index (κ3) is 2.50. The van der Waals surface area contributed by atoms with E-state index in [0.29, 0.717) is 5.41 Å². The van der Waals surface area contributed by atoms with E-state index < -0.39 is 0 Å². The maximum Gasteiger partial charge on any atom is -0.0349 e. The second-order valence-electron chi connectivity index (χ2n) is 5.92. The van der Waals surface area contributed by atoms with Crippen LogP contribution < -0.4 is 0 Å². The zero-order chi connectivity index (χ0) is 9.35. The van der Waals surface area contributed by atoms with Gasteiger partial charge in [0.1, 0.15) is 0 Å². The van der Waals surface area contributed by atoms with Crippen molar-refractivity contribution in [1.29, 1.82) is 0 Å². The molecule has 1 aliphatic carbocycles. The quantitative estimate of drug-likeness (QED) is 0.553. The molecule has 0 aromatic heterocycles. The van der Waals surface area contributed by atoms with Crippen LogP contribution in [0.5, 0.6) is 0 Å². The molecule has 1 saturated carbocycles. The summed E-state index contributed by atoms with van der Waals surface area (Å²) in [5.41, 5.74) is 0.604. The highest BCUT2D eigenvalue weighted by Crippen LogP contribution is 2.44. The van der Waals surface area contributed by atoms with Crippen molar-refractivity contribution >= 4 is 0 Å². The summed E-state index contributed by atoms with van der Waals surface area (Å²) in [5, 5.41) is 0. The Morgan fingerprint density at radius 2 is 1.75 bits per heavy atom. The van der Waals surface area contributed by atoms with Gasteiger partial charge in [-0.1, -0.05) is 34.6 Å². The molecule has 0 bridgehead atoms. The zero-order valence-electron chi connectivity index (χ0n) is 9.35. The van der Waals surface area contributed by atoms with Crippen molar-refractivity contribution in [1.82, 2.24) is 0 Å². The SMILES string of the molecule is CC(C)[C@H]1C[C@@H](C)CC(C)(C)C1. The highest BCUT2D eigenvalue weighted by Gasteiger charge is 2.32. The lowest BCUT2D eigenvalue weighted by Gasteiger charge is -2.40. The number of rotatable bonds is 1. The van der Waals surface area contributed by atoms with Gasteiger partial charge < -0.3 is 0 Å². The summed E-state index contributed by atoms with van der Waals surface area (Å²) in [7, 11) is 0. The maximum absolute atomic E-state index is 2.43. The van der Waals surface area contributed by atoms with Crippen LogP contribution in [0.25, 0.3) is 0 Å². The fraction of sp³-hybridized carbons (Fsp3) is 1.00. The summed E-state index contributed by atoms with van der Waals surface area (Å²) < 4.78 is 0. The van der Waals surface area contributed by atoms with Gasteiger partial charge in [-0.15, -0.1) is 0 Å². The van der Waals surface area contributed by atoms with Crippen LogP contribution >= 0.6 is 0 Å². The van der Waals surface area contributed by atoms with Crippen molar-refractivity contribution in [2.45, 2.75) is 53.9 Å². The van der Waals surface area contributed by atoms with E-state index in [1.54, 1.807) is 0 Å². The van der Waals surface area contributed by atoms with Gasteiger partial charge in [-0.3, -0.25) is 0 Å². The van der Waals surface area contributed by atoms with E-state index in [1.807, 2.05) is 0 Å². The average Bonchev–Trinajstić information content (AvgIpc) is 1.82. The summed E-state index contributed by atoms with van der Waals surface area (Å²) in [6.45, 7) is 12.0. The lowest BCUT2D eigenvalue weighted by Crippen LogP contribution is -2.30. The fourth-order valence-electron chi connectivity index (χ4n) is 2.93. The highest BCUT2D eigenvalue weighted by atomic mass is 14.4. The molecule has 1 rings (SSSR count). The molecule has 12 heavy (non-hydrogen) atoms. The minimum Gasteiger partial charge on any atom is -0.0625 e. The molecule has 0 heteroatoms. The van der Waals surface area contributed by atoms with E-state index in [1.165, 1.54) is 19.3 Å². The molecular formula is C12H24. The van der Waals surface area contributed by atoms with Gasteiger partial charge in [0.25, 0.3) is 0 Å². The molecule has 0 saturated heterocycles. The summed E-state index contributed by atoms with van der Waals surface area (Å²) in [6.07, 6.45) is 4.33. The maximum atomic E-state index is 2.43. The van der Waals surface area contributed by atoms with Gasteiger partial charge in [0.05, 0.1) is 0 Å². The second kappa shape index (κ2) is 3.40. The van der Waals surface area contributed by atoms with Crippen molar-refractivity contribution in [3.8, 4) is 0 Å². The molecule has 0 radical (unpaired) electrons. The van der Waals surface area contributed by atoms with Gasteiger partial charge in [-0.2, -0.15) is 0 Å². The van der Waals surface area contributed by atoms with Crippen LogP contribution in [0.15, 0.2) is 0 Å². The van der Waals surface area contributed by atoms with Crippen LogP contribution in [0.3, 0.4) is 0 Å². The van der Waals surface area contributed by atoms with Gasteiger partial charge >= 0.3 is 0 Å². The zero-order valence-corrected chi connectivity index (χ0v) is 9.35. The van der Waals surface area contributed by atoms with Gasteiger partial charge in [0, 0.05) is 0 Å². The molecule has 0 aromatic carbocycles. The molecule has 0 unspecified atom stereocenters. The van der Waals surface area contributed by atoms with E-state index in [0.717, 1.165) is 17.8 Å². The molecule has 0 aliphatic heterocycles. The molecular weight excluding hydrogens is 144 g/mol. The molecule has 0 nitrogen and oxygen atoms in total. The summed E-state index contributed by atoms with van der Waals surface area (Å²) in [6, 6.07) is 0. The van der Waals surface area contributed by atoms with Crippen molar-refractivity contribution in [3.63, 3.8) is 0 Å². The molecule has 0 N–H and O–H groups in total. The van der Waals surface area contributed by atoms with Gasteiger partial charge in [-0.05, 0) is 42.4 Å². The Morgan fingerprint density at radius 1 is 1.17 bits per heavy atom. The first-order valence-corrected chi connectivity index (χ1v) is 5.41. The van der Waals surface area contributed by atoms with Gasteiger partial charge in [0.2, 0.25) is 0 Å². The smallest absolute Gasteiger partial charge is 0.0349 e. The van der Waals surface area contributed by atoms with E-state index in [-0.39, 0.29) is 0 Å². The lowest BCUT2D eigenvalue weighted by atomic mass is 9.65. The third-order valence-electron chi connectivity index (χ3n) is 3.36. The van der Waals surface area contributed by atoms with E-state index >= 15 is 0 Å². The van der Waals surface area contributed by atoms with E-state index in [9.17, 15) is 0 Å². The third-order valence-corrected chi connectivity index (χ3v) is 3.36. The number of hydrogen-bond donors (Lipinski definition) is 0. The lowest BCUT2D eigenvalue weighted by molar-refractivity contribution is 0.105. The first kappa shape index (κ1) is 10.1. The van der Waals surface area contributed by atoms with Crippen molar-refractivity contribution in [2.24, 2.45) is 23.2 Å². The first-order chi connectivity index (χ1) is 5.41. The molecule has 0 aromatic rings. The Hall–Kier alpha value is 0. The van der Waals surface area contributed by atoms with E-state index in [4.69, 9.17) is 0 Å². The standard InChI is InChI=1S/C12H24/c1-9(2)11-6-10(3)7-12(4,5)8-11/h9-11H,6-8H2,1-5H3/t10-,11+/m1/s1. The summed E-state index contributed by atoms with van der Waals surface area (Å²) in [5.74, 6) is 2.80. The second-order valence-corrected chi connectivity index (χ2v) is 5.92. The topological polar surface area (TPSA) is 0 Å². The molecule has 0 heterocycles. The molecule has 72 valence electrons. The first-order valence-electron chi connectivity index (χ1n) is 5.41. The van der Waals surface area contributed by atoms with Gasteiger partial charge in [0.15, 0.2) is 0 Å². The van der Waals surface area contributed by atoms with Crippen molar-refractivity contribution < 1.29 is 0 Å². The molecule has 0 spiro atoms. The molecule has 1 aliphatic rings. The predicted molar refractivity (Wildman–Crippen MR) is 55.1 cm³/mol. The minimum atomic E-state index is 0.604. The molecule has 0 amide bonds. The van der Waals surface area contributed by atoms with Crippen LogP contribution in [0.1, 0.15) is 53.9 Å².